The Hall–Kier alpha value is -3.08. The number of amides is 1. The first-order valence-electron chi connectivity index (χ1n) is 9.69. The molecule has 0 saturated carbocycles. The van der Waals surface area contributed by atoms with Gasteiger partial charge in [-0.15, -0.1) is 0 Å². The summed E-state index contributed by atoms with van der Waals surface area (Å²) in [7, 11) is 0. The van der Waals surface area contributed by atoms with Crippen LogP contribution in [0.4, 0.5) is 0 Å². The number of H-pyrrole nitrogens is 1. The van der Waals surface area contributed by atoms with E-state index >= 15 is 0 Å². The van der Waals surface area contributed by atoms with Gasteiger partial charge in [-0.1, -0.05) is 48.5 Å². The molecule has 2 aromatic carbocycles. The van der Waals surface area contributed by atoms with Gasteiger partial charge in [0.15, 0.2) is 6.10 Å². The fourth-order valence-corrected chi connectivity index (χ4v) is 3.19. The van der Waals surface area contributed by atoms with E-state index in [-0.39, 0.29) is 11.9 Å². The van der Waals surface area contributed by atoms with E-state index in [4.69, 9.17) is 4.74 Å². The quantitative estimate of drug-likeness (QED) is 0.557. The van der Waals surface area contributed by atoms with Gasteiger partial charge < -0.3 is 15.0 Å². The average Bonchev–Trinajstić information content (AvgIpc) is 3.12. The zero-order chi connectivity index (χ0) is 19.8. The molecule has 0 saturated heterocycles. The van der Waals surface area contributed by atoms with E-state index in [0.29, 0.717) is 19.4 Å². The Morgan fingerprint density at radius 1 is 1.04 bits per heavy atom. The normalized spacial score (nSPS) is 11.9. The van der Waals surface area contributed by atoms with Crippen LogP contribution in [0, 0.1) is 0 Å². The van der Waals surface area contributed by atoms with Crippen molar-refractivity contribution in [2.24, 2.45) is 0 Å². The fraction of sp³-hybridized carbons (Fsp3) is 0.304. The molecule has 0 radical (unpaired) electrons. The molecule has 0 fully saturated rings. The first-order valence-corrected chi connectivity index (χ1v) is 9.69. The number of carbonyl (C=O) groups is 2. The van der Waals surface area contributed by atoms with Gasteiger partial charge >= 0.3 is 5.97 Å². The number of aromatic amines is 1. The molecule has 0 spiro atoms. The van der Waals surface area contributed by atoms with E-state index in [9.17, 15) is 9.59 Å². The first-order chi connectivity index (χ1) is 13.6. The number of fused-ring (bicyclic) bond motifs is 1. The standard InChI is InChI=1S/C23H26N2O3/c1-17(23(27)24-15-14-18-8-3-2-4-9-18)28-22(26)13-7-10-19-16-25-21-12-6-5-11-20(19)21/h2-6,8-9,11-12,16-17,25H,7,10,13-15H2,1H3,(H,24,27). The second-order valence-corrected chi connectivity index (χ2v) is 6.87. The number of rotatable bonds is 9. The third-order valence-electron chi connectivity index (χ3n) is 4.74. The van der Waals surface area contributed by atoms with Crippen molar-refractivity contribution >= 4 is 22.8 Å². The molecule has 1 atom stereocenters. The number of carbonyl (C=O) groups excluding carboxylic acids is 2. The van der Waals surface area contributed by atoms with Gasteiger partial charge in [0, 0.05) is 30.1 Å². The maximum Gasteiger partial charge on any atom is 0.306 e. The minimum Gasteiger partial charge on any atom is -0.453 e. The number of benzene rings is 2. The summed E-state index contributed by atoms with van der Waals surface area (Å²) in [5.41, 5.74) is 3.45. The van der Waals surface area contributed by atoms with Crippen LogP contribution >= 0.6 is 0 Å². The second-order valence-electron chi connectivity index (χ2n) is 6.87. The first kappa shape index (κ1) is 19.7. The van der Waals surface area contributed by atoms with Crippen molar-refractivity contribution < 1.29 is 14.3 Å². The predicted molar refractivity (Wildman–Crippen MR) is 110 cm³/mol. The van der Waals surface area contributed by atoms with E-state index in [1.165, 1.54) is 10.9 Å². The number of hydrogen-bond acceptors (Lipinski definition) is 3. The van der Waals surface area contributed by atoms with Crippen molar-refractivity contribution in [3.63, 3.8) is 0 Å². The van der Waals surface area contributed by atoms with Crippen LogP contribution in [0.15, 0.2) is 60.8 Å². The summed E-state index contributed by atoms with van der Waals surface area (Å²) in [5, 5.41) is 4.00. The highest BCUT2D eigenvalue weighted by Crippen LogP contribution is 2.19. The second kappa shape index (κ2) is 9.74. The Morgan fingerprint density at radius 3 is 2.61 bits per heavy atom. The predicted octanol–water partition coefficient (Wildman–Crippen LogP) is 3.78. The van der Waals surface area contributed by atoms with E-state index in [1.54, 1.807) is 6.92 Å². The summed E-state index contributed by atoms with van der Waals surface area (Å²) in [6, 6.07) is 18.0. The maximum atomic E-state index is 12.1. The molecule has 5 heteroatoms. The SMILES string of the molecule is CC(OC(=O)CCCc1c[nH]c2ccccc12)C(=O)NCCc1ccccc1. The van der Waals surface area contributed by atoms with Crippen molar-refractivity contribution in [2.75, 3.05) is 6.54 Å². The molecular formula is C23H26N2O3. The molecule has 0 aliphatic heterocycles. The average molecular weight is 378 g/mol. The van der Waals surface area contributed by atoms with E-state index in [2.05, 4.69) is 16.4 Å². The van der Waals surface area contributed by atoms with Crippen LogP contribution in [0.3, 0.4) is 0 Å². The molecule has 0 bridgehead atoms. The molecule has 3 aromatic rings. The lowest BCUT2D eigenvalue weighted by Gasteiger charge is -2.13. The van der Waals surface area contributed by atoms with Gasteiger partial charge in [0.2, 0.25) is 0 Å². The minimum absolute atomic E-state index is 0.263. The highest BCUT2D eigenvalue weighted by molar-refractivity contribution is 5.84. The van der Waals surface area contributed by atoms with Crippen molar-refractivity contribution in [1.29, 1.82) is 0 Å². The molecule has 1 unspecified atom stereocenters. The Kier molecular flexibility index (Phi) is 6.84. The van der Waals surface area contributed by atoms with Crippen molar-refractivity contribution in [3.8, 4) is 0 Å². The molecule has 5 nitrogen and oxygen atoms in total. The third kappa shape index (κ3) is 5.46. The van der Waals surface area contributed by atoms with Gasteiger partial charge in [-0.3, -0.25) is 9.59 Å². The molecule has 1 amide bonds. The van der Waals surface area contributed by atoms with Crippen LogP contribution in [-0.4, -0.2) is 29.5 Å². The van der Waals surface area contributed by atoms with Gasteiger partial charge in [0.25, 0.3) is 5.91 Å². The smallest absolute Gasteiger partial charge is 0.306 e. The molecule has 0 aliphatic rings. The van der Waals surface area contributed by atoms with Gasteiger partial charge in [-0.05, 0) is 43.4 Å². The highest BCUT2D eigenvalue weighted by atomic mass is 16.5. The van der Waals surface area contributed by atoms with E-state index < -0.39 is 6.10 Å². The van der Waals surface area contributed by atoms with Crippen LogP contribution in [0.25, 0.3) is 10.9 Å². The summed E-state index contributed by atoms with van der Waals surface area (Å²) >= 11 is 0. The molecule has 2 N–H and O–H groups in total. The largest absolute Gasteiger partial charge is 0.453 e. The summed E-state index contributed by atoms with van der Waals surface area (Å²) in [6.07, 6.45) is 3.72. The summed E-state index contributed by atoms with van der Waals surface area (Å²) in [4.78, 5) is 27.4. The fourth-order valence-electron chi connectivity index (χ4n) is 3.19. The van der Waals surface area contributed by atoms with Crippen LogP contribution in [-0.2, 0) is 27.2 Å². The van der Waals surface area contributed by atoms with Crippen LogP contribution in [0.2, 0.25) is 0 Å². The van der Waals surface area contributed by atoms with Crippen LogP contribution in [0.5, 0.6) is 0 Å². The molecular weight excluding hydrogens is 352 g/mol. The molecule has 1 aromatic heterocycles. The van der Waals surface area contributed by atoms with E-state index in [0.717, 1.165) is 23.9 Å². The number of esters is 1. The molecule has 0 aliphatic carbocycles. The minimum atomic E-state index is -0.781. The Labute approximate surface area is 165 Å². The Balaban J connectivity index is 1.36. The van der Waals surface area contributed by atoms with Crippen LogP contribution in [0.1, 0.15) is 30.9 Å². The summed E-state index contributed by atoms with van der Waals surface area (Å²) in [5.74, 6) is -0.605. The van der Waals surface area contributed by atoms with Crippen LogP contribution < -0.4 is 5.32 Å². The lowest BCUT2D eigenvalue weighted by atomic mass is 10.1. The number of nitrogens with one attached hydrogen (secondary N) is 2. The van der Waals surface area contributed by atoms with E-state index in [1.807, 2.05) is 54.7 Å². The Bertz CT molecular complexity index is 918. The van der Waals surface area contributed by atoms with Gasteiger partial charge in [-0.2, -0.15) is 0 Å². The third-order valence-corrected chi connectivity index (χ3v) is 4.74. The molecule has 146 valence electrons. The molecule has 1 heterocycles. The molecule has 28 heavy (non-hydrogen) atoms. The zero-order valence-corrected chi connectivity index (χ0v) is 16.1. The van der Waals surface area contributed by atoms with Crippen molar-refractivity contribution in [1.82, 2.24) is 10.3 Å². The monoisotopic (exact) mass is 378 g/mol. The number of aromatic nitrogens is 1. The number of aryl methyl sites for hydroxylation is 1. The zero-order valence-electron chi connectivity index (χ0n) is 16.1. The number of hydrogen-bond donors (Lipinski definition) is 2. The summed E-state index contributed by atoms with van der Waals surface area (Å²) < 4.78 is 5.26. The molecule has 3 rings (SSSR count). The maximum absolute atomic E-state index is 12.1. The highest BCUT2D eigenvalue weighted by Gasteiger charge is 2.17. The van der Waals surface area contributed by atoms with Gasteiger partial charge in [-0.25, -0.2) is 0 Å². The summed E-state index contributed by atoms with van der Waals surface area (Å²) in [6.45, 7) is 2.13. The lowest BCUT2D eigenvalue weighted by Crippen LogP contribution is -2.36. The van der Waals surface area contributed by atoms with Gasteiger partial charge in [0.1, 0.15) is 0 Å². The lowest BCUT2D eigenvalue weighted by molar-refractivity contribution is -0.154. The van der Waals surface area contributed by atoms with Crippen molar-refractivity contribution in [3.05, 3.63) is 71.9 Å². The number of para-hydroxylation sites is 1. The topological polar surface area (TPSA) is 71.2 Å². The van der Waals surface area contributed by atoms with Crippen molar-refractivity contribution in [2.45, 2.75) is 38.7 Å². The van der Waals surface area contributed by atoms with Gasteiger partial charge in [0.05, 0.1) is 0 Å². The number of ether oxygens (including phenoxy) is 1. The Morgan fingerprint density at radius 2 is 1.79 bits per heavy atom.